The molecule has 0 unspecified atom stereocenters. The van der Waals surface area contributed by atoms with Gasteiger partial charge in [0.2, 0.25) is 0 Å². The Morgan fingerprint density at radius 3 is 2.04 bits per heavy atom. The van der Waals surface area contributed by atoms with Gasteiger partial charge in [-0.15, -0.1) is 0 Å². The Hall–Kier alpha value is -2.93. The fraction of sp³-hybridized carbons (Fsp3) is 0.333. The summed E-state index contributed by atoms with van der Waals surface area (Å²) in [5.41, 5.74) is 1.56. The molecule has 3 atom stereocenters. The van der Waals surface area contributed by atoms with Crippen LogP contribution in [0.1, 0.15) is 11.1 Å². The van der Waals surface area contributed by atoms with Gasteiger partial charge in [-0.3, -0.25) is 4.90 Å². The molecule has 2 aromatic carbocycles. The summed E-state index contributed by atoms with van der Waals surface area (Å²) < 4.78 is 30.3. The van der Waals surface area contributed by atoms with Crippen molar-refractivity contribution in [2.75, 3.05) is 13.7 Å². The maximum absolute atomic E-state index is 14.7. The van der Waals surface area contributed by atoms with Crippen molar-refractivity contribution >= 4 is 12.1 Å². The summed E-state index contributed by atoms with van der Waals surface area (Å²) in [6.45, 7) is -0.0691. The third-order valence-electron chi connectivity index (χ3n) is 4.58. The molecular weight excluding hydrogens is 365 g/mol. The molecule has 0 aromatic heterocycles. The third-order valence-corrected chi connectivity index (χ3v) is 4.58. The molecule has 0 bridgehead atoms. The van der Waals surface area contributed by atoms with Gasteiger partial charge in [0.25, 0.3) is 0 Å². The molecule has 6 nitrogen and oxygen atoms in total. The van der Waals surface area contributed by atoms with E-state index in [1.54, 1.807) is 24.3 Å². The van der Waals surface area contributed by atoms with E-state index in [0.29, 0.717) is 0 Å². The zero-order valence-electron chi connectivity index (χ0n) is 15.5. The lowest BCUT2D eigenvalue weighted by Crippen LogP contribution is -2.45. The van der Waals surface area contributed by atoms with E-state index < -0.39 is 30.4 Å². The highest BCUT2D eigenvalue weighted by molar-refractivity contribution is 5.83. The van der Waals surface area contributed by atoms with E-state index in [0.717, 1.165) is 16.0 Å². The monoisotopic (exact) mass is 387 g/mol. The van der Waals surface area contributed by atoms with Crippen LogP contribution in [0.25, 0.3) is 0 Å². The second-order valence-corrected chi connectivity index (χ2v) is 6.45. The topological polar surface area (TPSA) is 65.1 Å². The van der Waals surface area contributed by atoms with Crippen LogP contribution in [0.2, 0.25) is 0 Å². The number of carbonyl (C=O) groups is 2. The van der Waals surface area contributed by atoms with E-state index in [2.05, 4.69) is 0 Å². The summed E-state index contributed by atoms with van der Waals surface area (Å²) in [7, 11) is 1.34. The molecule has 0 radical (unpaired) electrons. The number of hydrogen-bond donors (Lipinski definition) is 0. The Morgan fingerprint density at radius 2 is 1.50 bits per heavy atom. The smallest absolute Gasteiger partial charge is 0.411 e. The molecular formula is C21H22FNO5. The molecule has 1 saturated heterocycles. The van der Waals surface area contributed by atoms with E-state index >= 15 is 0 Å². The molecule has 1 fully saturated rings. The van der Waals surface area contributed by atoms with E-state index in [4.69, 9.17) is 14.2 Å². The van der Waals surface area contributed by atoms with Crippen LogP contribution >= 0.6 is 0 Å². The highest BCUT2D eigenvalue weighted by Crippen LogP contribution is 2.26. The molecule has 2 aromatic rings. The minimum atomic E-state index is -1.70. The van der Waals surface area contributed by atoms with Gasteiger partial charge < -0.3 is 14.2 Å². The molecule has 1 heterocycles. The van der Waals surface area contributed by atoms with Gasteiger partial charge in [-0.1, -0.05) is 60.7 Å². The van der Waals surface area contributed by atoms with Gasteiger partial charge in [0.15, 0.2) is 12.2 Å². The Balaban J connectivity index is 1.65. The van der Waals surface area contributed by atoms with E-state index in [9.17, 15) is 14.0 Å². The third kappa shape index (κ3) is 4.67. The second kappa shape index (κ2) is 9.32. The molecule has 1 amide bonds. The van der Waals surface area contributed by atoms with Gasteiger partial charge in [-0.2, -0.15) is 0 Å². The maximum Gasteiger partial charge on any atom is 0.411 e. The van der Waals surface area contributed by atoms with Gasteiger partial charge in [-0.05, 0) is 11.1 Å². The van der Waals surface area contributed by atoms with Crippen molar-refractivity contribution in [3.05, 3.63) is 71.8 Å². The Bertz CT molecular complexity index is 786. The molecule has 0 saturated carbocycles. The predicted octanol–water partition coefficient (Wildman–Crippen LogP) is 3.10. The number of rotatable bonds is 6. The van der Waals surface area contributed by atoms with Crippen LogP contribution < -0.4 is 0 Å². The number of nitrogens with zero attached hydrogens (tertiary/aromatic N) is 1. The first-order chi connectivity index (χ1) is 13.6. The fourth-order valence-electron chi connectivity index (χ4n) is 3.05. The molecule has 0 spiro atoms. The number of hydrogen-bond acceptors (Lipinski definition) is 5. The lowest BCUT2D eigenvalue weighted by Gasteiger charge is -2.23. The molecule has 0 aliphatic carbocycles. The Labute approximate surface area is 162 Å². The molecule has 7 heteroatoms. The quantitative estimate of drug-likeness (QED) is 0.713. The first-order valence-corrected chi connectivity index (χ1v) is 8.95. The summed E-state index contributed by atoms with van der Waals surface area (Å²) in [4.78, 5) is 26.0. The van der Waals surface area contributed by atoms with Crippen molar-refractivity contribution in [1.29, 1.82) is 0 Å². The number of halogens is 1. The lowest BCUT2D eigenvalue weighted by atomic mass is 10.1. The predicted molar refractivity (Wildman–Crippen MR) is 99.1 cm³/mol. The zero-order valence-corrected chi connectivity index (χ0v) is 15.5. The van der Waals surface area contributed by atoms with Crippen LogP contribution in [0.4, 0.5) is 9.18 Å². The summed E-state index contributed by atoms with van der Waals surface area (Å²) >= 11 is 0. The zero-order chi connectivity index (χ0) is 19.9. The number of carbonyl (C=O) groups excluding carboxylic acids is 2. The minimum Gasteiger partial charge on any atom is -0.459 e. The summed E-state index contributed by atoms with van der Waals surface area (Å²) in [6.07, 6.45) is -3.40. The van der Waals surface area contributed by atoms with Crippen molar-refractivity contribution in [2.45, 2.75) is 31.5 Å². The largest absolute Gasteiger partial charge is 0.459 e. The Morgan fingerprint density at radius 1 is 0.964 bits per heavy atom. The molecule has 148 valence electrons. The van der Waals surface area contributed by atoms with Gasteiger partial charge in [0.05, 0.1) is 6.54 Å². The molecule has 0 N–H and O–H groups in total. The number of alkyl halides is 1. The number of ether oxygens (including phenoxy) is 3. The van der Waals surface area contributed by atoms with E-state index in [-0.39, 0.29) is 19.8 Å². The van der Waals surface area contributed by atoms with Crippen molar-refractivity contribution < 1.29 is 28.2 Å². The van der Waals surface area contributed by atoms with Crippen LogP contribution in [0, 0.1) is 0 Å². The normalized spacial score (nSPS) is 21.4. The fourth-order valence-corrected chi connectivity index (χ4v) is 3.05. The van der Waals surface area contributed by atoms with E-state index in [1.807, 2.05) is 36.4 Å². The van der Waals surface area contributed by atoms with Gasteiger partial charge in [-0.25, -0.2) is 14.0 Å². The first kappa shape index (κ1) is 19.8. The summed E-state index contributed by atoms with van der Waals surface area (Å²) in [5, 5.41) is 0. The van der Waals surface area contributed by atoms with Gasteiger partial charge in [0.1, 0.15) is 19.3 Å². The minimum absolute atomic E-state index is 0.00650. The van der Waals surface area contributed by atoms with Gasteiger partial charge in [0, 0.05) is 7.11 Å². The van der Waals surface area contributed by atoms with E-state index in [1.165, 1.54) is 7.11 Å². The highest BCUT2D eigenvalue weighted by Gasteiger charge is 2.50. The highest BCUT2D eigenvalue weighted by atomic mass is 19.1. The lowest BCUT2D eigenvalue weighted by molar-refractivity contribution is -0.151. The van der Waals surface area contributed by atoms with Crippen LogP contribution in [0.15, 0.2) is 60.7 Å². The van der Waals surface area contributed by atoms with Crippen molar-refractivity contribution in [3.8, 4) is 0 Å². The van der Waals surface area contributed by atoms with Crippen molar-refractivity contribution in [1.82, 2.24) is 4.90 Å². The number of amides is 1. The van der Waals surface area contributed by atoms with Crippen LogP contribution in [-0.4, -0.2) is 48.9 Å². The number of likely N-dealkylation sites (tertiary alicyclic amines) is 1. The number of benzene rings is 2. The molecule has 3 rings (SSSR count). The number of methoxy groups -OCH3 is 1. The molecule has 28 heavy (non-hydrogen) atoms. The molecule has 1 aliphatic rings. The first-order valence-electron chi connectivity index (χ1n) is 8.95. The van der Waals surface area contributed by atoms with Crippen LogP contribution in [-0.2, 0) is 32.2 Å². The standard InChI is InChI=1S/C21H22FNO5/c1-26-17-12-23(21(25)28-14-16-10-6-3-7-11-16)19(18(17)22)20(24)27-13-15-8-4-2-5-9-15/h2-11,17-19H,12-14H2,1H3/t17-,18+,19+/m1/s1. The van der Waals surface area contributed by atoms with Crippen molar-refractivity contribution in [2.24, 2.45) is 0 Å². The average Bonchev–Trinajstić information content (AvgIpc) is 3.08. The van der Waals surface area contributed by atoms with Gasteiger partial charge >= 0.3 is 12.1 Å². The summed E-state index contributed by atoms with van der Waals surface area (Å²) in [5.74, 6) is -0.826. The van der Waals surface area contributed by atoms with Crippen LogP contribution in [0.5, 0.6) is 0 Å². The maximum atomic E-state index is 14.7. The number of esters is 1. The average molecular weight is 387 g/mol. The van der Waals surface area contributed by atoms with Crippen molar-refractivity contribution in [3.63, 3.8) is 0 Å². The SMILES string of the molecule is CO[C@@H]1CN(C(=O)OCc2ccccc2)[C@H](C(=O)OCc2ccccc2)[C@H]1F. The summed E-state index contributed by atoms with van der Waals surface area (Å²) in [6, 6.07) is 16.7. The van der Waals surface area contributed by atoms with Crippen LogP contribution in [0.3, 0.4) is 0 Å². The second-order valence-electron chi connectivity index (χ2n) is 6.45. The Kier molecular flexibility index (Phi) is 6.60. The molecule has 1 aliphatic heterocycles.